The standard InChI is InChI=1S/C15H21N5O/c1-10-2-3-13(11(8-10)9-16)19-12-4-6-15(17,7-5-12)14(21)20-18/h2-6,8,19H,7,9,16-18H2,1H3,(H,20,21). The van der Waals surface area contributed by atoms with Gasteiger partial charge in [-0.1, -0.05) is 29.8 Å². The first-order valence-corrected chi connectivity index (χ1v) is 6.74. The predicted molar refractivity (Wildman–Crippen MR) is 83.8 cm³/mol. The Labute approximate surface area is 124 Å². The number of carbonyl (C=O) groups excluding carboxylic acids is 1. The van der Waals surface area contributed by atoms with Crippen LogP contribution in [-0.2, 0) is 11.3 Å². The van der Waals surface area contributed by atoms with Gasteiger partial charge in [-0.25, -0.2) is 5.84 Å². The molecule has 0 saturated heterocycles. The molecule has 1 atom stereocenters. The Morgan fingerprint density at radius 3 is 2.76 bits per heavy atom. The highest BCUT2D eigenvalue weighted by Gasteiger charge is 2.31. The molecule has 0 aliphatic heterocycles. The van der Waals surface area contributed by atoms with E-state index in [2.05, 4.69) is 10.7 Å². The van der Waals surface area contributed by atoms with Gasteiger partial charge in [-0.3, -0.25) is 10.2 Å². The highest BCUT2D eigenvalue weighted by Crippen LogP contribution is 2.23. The van der Waals surface area contributed by atoms with E-state index in [9.17, 15) is 4.79 Å². The van der Waals surface area contributed by atoms with Gasteiger partial charge in [-0.05, 0) is 31.1 Å². The molecule has 112 valence electrons. The molecule has 0 heterocycles. The van der Waals surface area contributed by atoms with E-state index in [0.717, 1.165) is 22.5 Å². The smallest absolute Gasteiger partial charge is 0.258 e. The van der Waals surface area contributed by atoms with Crippen LogP contribution in [0.1, 0.15) is 17.5 Å². The predicted octanol–water partition coefficient (Wildman–Crippen LogP) is 0.397. The third-order valence-electron chi connectivity index (χ3n) is 3.53. The molecule has 6 heteroatoms. The van der Waals surface area contributed by atoms with Crippen molar-refractivity contribution in [2.24, 2.45) is 17.3 Å². The zero-order valence-corrected chi connectivity index (χ0v) is 12.0. The average molecular weight is 287 g/mol. The molecule has 1 amide bonds. The Balaban J connectivity index is 2.13. The van der Waals surface area contributed by atoms with Crippen molar-refractivity contribution in [2.75, 3.05) is 5.32 Å². The molecule has 1 aliphatic carbocycles. The monoisotopic (exact) mass is 287 g/mol. The summed E-state index contributed by atoms with van der Waals surface area (Å²) in [5, 5.41) is 3.30. The van der Waals surface area contributed by atoms with Gasteiger partial charge < -0.3 is 16.8 Å². The molecule has 1 aromatic carbocycles. The normalized spacial score (nSPS) is 20.9. The molecule has 1 aliphatic rings. The molecule has 1 unspecified atom stereocenters. The number of nitrogens with two attached hydrogens (primary N) is 3. The van der Waals surface area contributed by atoms with Crippen LogP contribution in [0.15, 0.2) is 42.1 Å². The van der Waals surface area contributed by atoms with Gasteiger partial charge >= 0.3 is 0 Å². The van der Waals surface area contributed by atoms with E-state index in [1.807, 2.05) is 31.2 Å². The Morgan fingerprint density at radius 2 is 2.19 bits per heavy atom. The molecule has 6 nitrogen and oxygen atoms in total. The van der Waals surface area contributed by atoms with Crippen LogP contribution in [0.2, 0.25) is 0 Å². The molecular weight excluding hydrogens is 266 g/mol. The van der Waals surface area contributed by atoms with Gasteiger partial charge in [0.15, 0.2) is 0 Å². The third-order valence-corrected chi connectivity index (χ3v) is 3.53. The van der Waals surface area contributed by atoms with E-state index in [-0.39, 0.29) is 0 Å². The van der Waals surface area contributed by atoms with Crippen LogP contribution in [0.3, 0.4) is 0 Å². The summed E-state index contributed by atoms with van der Waals surface area (Å²) in [6.45, 7) is 2.48. The molecular formula is C15H21N5O. The number of hydrogen-bond acceptors (Lipinski definition) is 5. The molecule has 8 N–H and O–H groups in total. The molecule has 0 spiro atoms. The van der Waals surface area contributed by atoms with Crippen molar-refractivity contribution in [1.82, 2.24) is 5.43 Å². The van der Waals surface area contributed by atoms with Crippen LogP contribution >= 0.6 is 0 Å². The summed E-state index contributed by atoms with van der Waals surface area (Å²) in [4.78, 5) is 11.6. The second kappa shape index (κ2) is 6.09. The number of nitrogens with one attached hydrogen (secondary N) is 2. The number of hydrogen-bond donors (Lipinski definition) is 5. The minimum Gasteiger partial charge on any atom is -0.356 e. The molecule has 2 rings (SSSR count). The van der Waals surface area contributed by atoms with Crippen LogP contribution in [0, 0.1) is 6.92 Å². The molecule has 0 radical (unpaired) electrons. The third kappa shape index (κ3) is 3.30. The van der Waals surface area contributed by atoms with Crippen LogP contribution in [-0.4, -0.2) is 11.4 Å². The number of carbonyl (C=O) groups is 1. The minimum absolute atomic E-state index is 0.374. The number of rotatable bonds is 4. The first kappa shape index (κ1) is 15.2. The van der Waals surface area contributed by atoms with Crippen LogP contribution in [0.4, 0.5) is 5.69 Å². The van der Waals surface area contributed by atoms with E-state index in [1.165, 1.54) is 0 Å². The Hall–Kier alpha value is -2.15. The van der Waals surface area contributed by atoms with Gasteiger partial charge in [0.2, 0.25) is 0 Å². The number of anilines is 1. The van der Waals surface area contributed by atoms with Gasteiger partial charge in [0.25, 0.3) is 5.91 Å². The Bertz CT molecular complexity index is 608. The lowest BCUT2D eigenvalue weighted by molar-refractivity contribution is -0.124. The number of allylic oxidation sites excluding steroid dienone is 1. The van der Waals surface area contributed by atoms with Gasteiger partial charge in [0.1, 0.15) is 5.54 Å². The molecule has 0 saturated carbocycles. The highest BCUT2D eigenvalue weighted by atomic mass is 16.2. The average Bonchev–Trinajstić information content (AvgIpc) is 2.50. The van der Waals surface area contributed by atoms with E-state index < -0.39 is 11.4 Å². The van der Waals surface area contributed by atoms with Crippen LogP contribution in [0.5, 0.6) is 0 Å². The summed E-state index contributed by atoms with van der Waals surface area (Å²) < 4.78 is 0. The molecule has 0 bridgehead atoms. The van der Waals surface area contributed by atoms with E-state index in [1.54, 1.807) is 12.2 Å². The van der Waals surface area contributed by atoms with Crippen molar-refractivity contribution in [3.63, 3.8) is 0 Å². The molecule has 0 aromatic heterocycles. The number of hydrazine groups is 1. The number of amides is 1. The number of aryl methyl sites for hydroxylation is 1. The van der Waals surface area contributed by atoms with E-state index in [4.69, 9.17) is 17.3 Å². The maximum Gasteiger partial charge on any atom is 0.258 e. The summed E-state index contributed by atoms with van der Waals surface area (Å²) >= 11 is 0. The molecule has 21 heavy (non-hydrogen) atoms. The van der Waals surface area contributed by atoms with Crippen LogP contribution < -0.4 is 28.1 Å². The Kier molecular flexibility index (Phi) is 4.42. The lowest BCUT2D eigenvalue weighted by Crippen LogP contribution is -2.54. The lowest BCUT2D eigenvalue weighted by Gasteiger charge is -2.26. The first-order chi connectivity index (χ1) is 9.98. The largest absolute Gasteiger partial charge is 0.356 e. The van der Waals surface area contributed by atoms with Crippen molar-refractivity contribution in [1.29, 1.82) is 0 Å². The minimum atomic E-state index is -1.09. The fraction of sp³-hybridized carbons (Fsp3) is 0.267. The summed E-state index contributed by atoms with van der Waals surface area (Å²) in [5.74, 6) is 4.72. The zero-order chi connectivity index (χ0) is 15.5. The summed E-state index contributed by atoms with van der Waals surface area (Å²) in [7, 11) is 0. The summed E-state index contributed by atoms with van der Waals surface area (Å²) in [5.41, 5.74) is 16.7. The maximum absolute atomic E-state index is 11.6. The van der Waals surface area contributed by atoms with Crippen LogP contribution in [0.25, 0.3) is 0 Å². The highest BCUT2D eigenvalue weighted by molar-refractivity contribution is 5.88. The van der Waals surface area contributed by atoms with Gasteiger partial charge in [0, 0.05) is 17.9 Å². The van der Waals surface area contributed by atoms with Crippen molar-refractivity contribution < 1.29 is 4.79 Å². The SMILES string of the molecule is Cc1ccc(NC2=CCC(N)(C(=O)NN)C=C2)c(CN)c1. The molecule has 0 fully saturated rings. The zero-order valence-electron chi connectivity index (χ0n) is 12.0. The Morgan fingerprint density at radius 1 is 1.43 bits per heavy atom. The fourth-order valence-corrected chi connectivity index (χ4v) is 2.22. The second-order valence-electron chi connectivity index (χ2n) is 5.20. The van der Waals surface area contributed by atoms with Crippen molar-refractivity contribution in [3.05, 3.63) is 53.3 Å². The first-order valence-electron chi connectivity index (χ1n) is 6.74. The van der Waals surface area contributed by atoms with E-state index in [0.29, 0.717) is 13.0 Å². The van der Waals surface area contributed by atoms with Gasteiger partial charge in [0.05, 0.1) is 0 Å². The molecule has 1 aromatic rings. The second-order valence-corrected chi connectivity index (χ2v) is 5.20. The van der Waals surface area contributed by atoms with Crippen molar-refractivity contribution >= 4 is 11.6 Å². The van der Waals surface area contributed by atoms with Gasteiger partial charge in [-0.15, -0.1) is 0 Å². The topological polar surface area (TPSA) is 119 Å². The van der Waals surface area contributed by atoms with Crippen molar-refractivity contribution in [3.8, 4) is 0 Å². The van der Waals surface area contributed by atoms with Crippen molar-refractivity contribution in [2.45, 2.75) is 25.4 Å². The quantitative estimate of drug-likeness (QED) is 0.312. The number of benzene rings is 1. The van der Waals surface area contributed by atoms with E-state index >= 15 is 0 Å². The lowest BCUT2D eigenvalue weighted by atomic mass is 9.90. The maximum atomic E-state index is 11.6. The van der Waals surface area contributed by atoms with Gasteiger partial charge in [-0.2, -0.15) is 0 Å². The summed E-state index contributed by atoms with van der Waals surface area (Å²) in [6.07, 6.45) is 5.67. The fourth-order valence-electron chi connectivity index (χ4n) is 2.22. The summed E-state index contributed by atoms with van der Waals surface area (Å²) in [6, 6.07) is 6.05.